The molecule has 1 saturated heterocycles. The van der Waals surface area contributed by atoms with Crippen molar-refractivity contribution >= 4 is 17.7 Å². The van der Waals surface area contributed by atoms with Crippen molar-refractivity contribution in [3.8, 4) is 11.8 Å². The fourth-order valence-corrected chi connectivity index (χ4v) is 3.97. The van der Waals surface area contributed by atoms with Crippen LogP contribution in [0.2, 0.25) is 5.02 Å². The van der Waals surface area contributed by atoms with Crippen LogP contribution in [0.3, 0.4) is 0 Å². The van der Waals surface area contributed by atoms with E-state index in [1.165, 1.54) is 7.11 Å². The van der Waals surface area contributed by atoms with Crippen LogP contribution >= 0.6 is 11.6 Å². The van der Waals surface area contributed by atoms with Gasteiger partial charge in [-0.1, -0.05) is 29.5 Å². The van der Waals surface area contributed by atoms with E-state index in [4.69, 9.17) is 16.3 Å². The third-order valence-corrected chi connectivity index (χ3v) is 5.11. The quantitative estimate of drug-likeness (QED) is 0.742. The number of nitrogens with zero attached hydrogens (tertiary/aromatic N) is 1. The fraction of sp³-hybridized carbons (Fsp3) is 0.500. The van der Waals surface area contributed by atoms with Crippen LogP contribution in [0.4, 0.5) is 4.79 Å². The summed E-state index contributed by atoms with van der Waals surface area (Å²) < 4.78 is 4.85. The molecule has 3 atom stereocenters. The maximum absolute atomic E-state index is 11.9. The van der Waals surface area contributed by atoms with E-state index in [9.17, 15) is 9.90 Å². The Morgan fingerprint density at radius 1 is 1.48 bits per heavy atom. The van der Waals surface area contributed by atoms with Gasteiger partial charge in [-0.05, 0) is 43.9 Å². The molecule has 0 unspecified atom stereocenters. The lowest BCUT2D eigenvalue weighted by atomic mass is 9.73. The summed E-state index contributed by atoms with van der Waals surface area (Å²) in [5, 5.41) is 11.7. The SMILES string of the molecule is COC(=O)N1CC[C@@H]2[C@H]1CCC[C@@]2(O)C#Cc1cccc(Cl)c1. The van der Waals surface area contributed by atoms with Gasteiger partial charge in [0.15, 0.2) is 0 Å². The second kappa shape index (κ2) is 6.43. The molecule has 1 aliphatic heterocycles. The van der Waals surface area contributed by atoms with Gasteiger partial charge in [0.1, 0.15) is 5.60 Å². The summed E-state index contributed by atoms with van der Waals surface area (Å²) >= 11 is 5.97. The smallest absolute Gasteiger partial charge is 0.409 e. The van der Waals surface area contributed by atoms with Gasteiger partial charge in [-0.2, -0.15) is 0 Å². The highest BCUT2D eigenvalue weighted by atomic mass is 35.5. The number of carbonyl (C=O) groups excluding carboxylic acids is 1. The Bertz CT molecular complexity index is 666. The number of benzene rings is 1. The number of rotatable bonds is 0. The third kappa shape index (κ3) is 3.17. The fourth-order valence-electron chi connectivity index (χ4n) is 3.78. The van der Waals surface area contributed by atoms with Crippen LogP contribution in [0, 0.1) is 17.8 Å². The molecule has 2 aliphatic rings. The summed E-state index contributed by atoms with van der Waals surface area (Å²) in [4.78, 5) is 13.6. The summed E-state index contributed by atoms with van der Waals surface area (Å²) in [6.45, 7) is 0.614. The molecule has 3 rings (SSSR count). The third-order valence-electron chi connectivity index (χ3n) is 4.87. The Kier molecular flexibility index (Phi) is 4.52. The second-order valence-corrected chi connectivity index (χ2v) is 6.64. The van der Waals surface area contributed by atoms with Crippen molar-refractivity contribution in [2.24, 2.45) is 5.92 Å². The number of fused-ring (bicyclic) bond motifs is 1. The maximum Gasteiger partial charge on any atom is 0.409 e. The van der Waals surface area contributed by atoms with Crippen molar-refractivity contribution in [2.45, 2.75) is 37.3 Å². The van der Waals surface area contributed by atoms with Gasteiger partial charge in [-0.3, -0.25) is 0 Å². The molecule has 1 aliphatic carbocycles. The van der Waals surface area contributed by atoms with Crippen LogP contribution in [0.1, 0.15) is 31.2 Å². The van der Waals surface area contributed by atoms with Crippen LogP contribution in [0.5, 0.6) is 0 Å². The van der Waals surface area contributed by atoms with Gasteiger partial charge in [0, 0.05) is 29.1 Å². The van der Waals surface area contributed by atoms with Crippen molar-refractivity contribution in [3.05, 3.63) is 34.9 Å². The van der Waals surface area contributed by atoms with Crippen molar-refractivity contribution in [1.82, 2.24) is 4.90 Å². The van der Waals surface area contributed by atoms with Crippen molar-refractivity contribution < 1.29 is 14.6 Å². The largest absolute Gasteiger partial charge is 0.453 e. The molecule has 1 saturated carbocycles. The summed E-state index contributed by atoms with van der Waals surface area (Å²) in [7, 11) is 1.39. The van der Waals surface area contributed by atoms with Crippen LogP contribution in [-0.2, 0) is 4.74 Å². The number of hydrogen-bond donors (Lipinski definition) is 1. The zero-order valence-corrected chi connectivity index (χ0v) is 13.8. The molecular formula is C18H20ClNO3. The molecule has 5 heteroatoms. The number of carbonyl (C=O) groups is 1. The molecule has 23 heavy (non-hydrogen) atoms. The summed E-state index contributed by atoms with van der Waals surface area (Å²) in [5.41, 5.74) is -0.274. The first-order valence-electron chi connectivity index (χ1n) is 7.89. The van der Waals surface area contributed by atoms with Gasteiger partial charge in [-0.25, -0.2) is 4.79 Å². The Labute approximate surface area is 141 Å². The molecule has 0 bridgehead atoms. The normalized spacial score (nSPS) is 29.4. The first-order chi connectivity index (χ1) is 11.0. The zero-order chi connectivity index (χ0) is 16.4. The molecule has 0 radical (unpaired) electrons. The molecular weight excluding hydrogens is 314 g/mol. The summed E-state index contributed by atoms with van der Waals surface area (Å²) in [5.74, 6) is 6.08. The number of likely N-dealkylation sites (tertiary alicyclic amines) is 1. The Morgan fingerprint density at radius 2 is 2.30 bits per heavy atom. The minimum atomic E-state index is -1.06. The monoisotopic (exact) mass is 333 g/mol. The standard InChI is InChI=1S/C18H20ClNO3/c1-23-17(21)20-11-8-15-16(20)6-3-9-18(15,22)10-7-13-4-2-5-14(19)12-13/h2,4-5,12,15-16,22H,3,6,8-9,11H2,1H3/t15-,16-,18-/m1/s1. The number of ether oxygens (including phenoxy) is 1. The van der Waals surface area contributed by atoms with E-state index in [1.807, 2.05) is 12.1 Å². The van der Waals surface area contributed by atoms with E-state index in [0.29, 0.717) is 18.0 Å². The van der Waals surface area contributed by atoms with Gasteiger partial charge in [0.25, 0.3) is 0 Å². The molecule has 1 heterocycles. The highest BCUT2D eigenvalue weighted by Gasteiger charge is 2.50. The average molecular weight is 334 g/mol. The maximum atomic E-state index is 11.9. The first-order valence-corrected chi connectivity index (χ1v) is 8.27. The molecule has 2 fully saturated rings. The molecule has 1 amide bonds. The number of halogens is 1. The number of hydrogen-bond acceptors (Lipinski definition) is 3. The van der Waals surface area contributed by atoms with Crippen molar-refractivity contribution in [2.75, 3.05) is 13.7 Å². The lowest BCUT2D eigenvalue weighted by molar-refractivity contribution is -0.0136. The van der Waals surface area contributed by atoms with E-state index < -0.39 is 5.60 Å². The molecule has 1 N–H and O–H groups in total. The number of methoxy groups -OCH3 is 1. The van der Waals surface area contributed by atoms with Gasteiger partial charge in [0.05, 0.1) is 7.11 Å². The molecule has 1 aromatic rings. The average Bonchev–Trinajstić information content (AvgIpc) is 2.98. The minimum absolute atomic E-state index is 0.00913. The van der Waals surface area contributed by atoms with E-state index in [2.05, 4.69) is 11.8 Å². The molecule has 4 nitrogen and oxygen atoms in total. The minimum Gasteiger partial charge on any atom is -0.453 e. The van der Waals surface area contributed by atoms with E-state index in [0.717, 1.165) is 24.8 Å². The Hall–Kier alpha value is -1.70. The number of amides is 1. The van der Waals surface area contributed by atoms with Crippen molar-refractivity contribution in [1.29, 1.82) is 0 Å². The van der Waals surface area contributed by atoms with Gasteiger partial charge in [0.2, 0.25) is 0 Å². The summed E-state index contributed by atoms with van der Waals surface area (Å²) in [6, 6.07) is 7.30. The zero-order valence-electron chi connectivity index (χ0n) is 13.1. The highest BCUT2D eigenvalue weighted by molar-refractivity contribution is 6.30. The Balaban J connectivity index is 1.83. The molecule has 1 aromatic carbocycles. The lowest BCUT2D eigenvalue weighted by Gasteiger charge is -2.39. The van der Waals surface area contributed by atoms with Gasteiger partial charge < -0.3 is 14.7 Å². The molecule has 0 aromatic heterocycles. The van der Waals surface area contributed by atoms with Crippen LogP contribution in [-0.4, -0.2) is 41.4 Å². The van der Waals surface area contributed by atoms with E-state index in [1.54, 1.807) is 17.0 Å². The van der Waals surface area contributed by atoms with Crippen LogP contribution in [0.15, 0.2) is 24.3 Å². The predicted octanol–water partition coefficient (Wildman–Crippen LogP) is 3.06. The second-order valence-electron chi connectivity index (χ2n) is 6.20. The molecule has 122 valence electrons. The van der Waals surface area contributed by atoms with Crippen molar-refractivity contribution in [3.63, 3.8) is 0 Å². The Morgan fingerprint density at radius 3 is 3.04 bits per heavy atom. The lowest BCUT2D eigenvalue weighted by Crippen LogP contribution is -2.49. The van der Waals surface area contributed by atoms with Crippen LogP contribution < -0.4 is 0 Å². The van der Waals surface area contributed by atoms with Crippen LogP contribution in [0.25, 0.3) is 0 Å². The van der Waals surface area contributed by atoms with E-state index >= 15 is 0 Å². The summed E-state index contributed by atoms with van der Waals surface area (Å²) in [6.07, 6.45) is 2.80. The topological polar surface area (TPSA) is 49.8 Å². The predicted molar refractivity (Wildman–Crippen MR) is 88.1 cm³/mol. The number of aliphatic hydroxyl groups is 1. The van der Waals surface area contributed by atoms with Gasteiger partial charge in [-0.15, -0.1) is 0 Å². The van der Waals surface area contributed by atoms with Gasteiger partial charge >= 0.3 is 6.09 Å². The first kappa shape index (κ1) is 16.2. The molecule has 0 spiro atoms. The highest BCUT2D eigenvalue weighted by Crippen LogP contribution is 2.42. The van der Waals surface area contributed by atoms with E-state index in [-0.39, 0.29) is 18.1 Å².